The molecule has 0 saturated heterocycles. The Balaban J connectivity index is 0.00000529. The van der Waals surface area contributed by atoms with Crippen molar-refractivity contribution in [3.63, 3.8) is 0 Å². The molecule has 0 aromatic heterocycles. The van der Waals surface area contributed by atoms with Crippen LogP contribution in [-0.2, 0) is 14.8 Å². The molecule has 1 atom stereocenters. The normalized spacial score (nSPS) is 12.2. The zero-order valence-corrected chi connectivity index (χ0v) is 15.7. The number of hydrogen-bond acceptors (Lipinski definition) is 5. The molecule has 1 aromatic carbocycles. The van der Waals surface area contributed by atoms with E-state index in [4.69, 9.17) is 10.5 Å². The lowest BCUT2D eigenvalue weighted by Crippen LogP contribution is -2.35. The fraction of sp³-hybridized carbons (Fsp3) is 0.533. The van der Waals surface area contributed by atoms with Crippen molar-refractivity contribution in [2.45, 2.75) is 39.3 Å². The summed E-state index contributed by atoms with van der Waals surface area (Å²) in [5.74, 6) is -0.537. The molecule has 0 aliphatic rings. The maximum Gasteiger partial charge on any atom is 0.241 e. The monoisotopic (exact) mass is 379 g/mol. The van der Waals surface area contributed by atoms with Crippen LogP contribution in [0.3, 0.4) is 0 Å². The van der Waals surface area contributed by atoms with Gasteiger partial charge in [-0.05, 0) is 51.5 Å². The molecule has 0 fully saturated rings. The SMILES string of the molecule is CC(N)CCNC(=O)CS(=O)(=O)Nc1ccc(OC(C)C)cc1.Cl. The third kappa shape index (κ3) is 9.59. The summed E-state index contributed by atoms with van der Waals surface area (Å²) in [5.41, 5.74) is 5.94. The van der Waals surface area contributed by atoms with Gasteiger partial charge in [-0.25, -0.2) is 8.42 Å². The predicted molar refractivity (Wildman–Crippen MR) is 98.1 cm³/mol. The van der Waals surface area contributed by atoms with Crippen molar-refractivity contribution >= 4 is 34.0 Å². The molecule has 9 heteroatoms. The highest BCUT2D eigenvalue weighted by molar-refractivity contribution is 7.93. The van der Waals surface area contributed by atoms with Gasteiger partial charge in [0.25, 0.3) is 0 Å². The molecule has 1 rings (SSSR count). The average molecular weight is 380 g/mol. The maximum absolute atomic E-state index is 11.9. The van der Waals surface area contributed by atoms with Gasteiger partial charge in [0.15, 0.2) is 0 Å². The summed E-state index contributed by atoms with van der Waals surface area (Å²) in [6.45, 7) is 5.98. The van der Waals surface area contributed by atoms with E-state index in [1.165, 1.54) is 0 Å². The third-order valence-electron chi connectivity index (χ3n) is 2.74. The molecule has 0 bridgehead atoms. The molecule has 0 aliphatic heterocycles. The van der Waals surface area contributed by atoms with Gasteiger partial charge in [-0.15, -0.1) is 12.4 Å². The highest BCUT2D eigenvalue weighted by Gasteiger charge is 2.16. The lowest BCUT2D eigenvalue weighted by molar-refractivity contribution is -0.118. The number of hydrogen-bond donors (Lipinski definition) is 3. The van der Waals surface area contributed by atoms with Crippen LogP contribution in [0, 0.1) is 0 Å². The summed E-state index contributed by atoms with van der Waals surface area (Å²) in [5, 5.41) is 2.53. The van der Waals surface area contributed by atoms with E-state index < -0.39 is 21.7 Å². The Labute approximate surface area is 149 Å². The van der Waals surface area contributed by atoms with E-state index in [9.17, 15) is 13.2 Å². The van der Waals surface area contributed by atoms with Gasteiger partial charge in [0.1, 0.15) is 11.5 Å². The number of amides is 1. The van der Waals surface area contributed by atoms with E-state index in [-0.39, 0.29) is 24.6 Å². The molecule has 0 aliphatic carbocycles. The minimum atomic E-state index is -3.75. The van der Waals surface area contributed by atoms with Crippen molar-refractivity contribution in [3.8, 4) is 5.75 Å². The smallest absolute Gasteiger partial charge is 0.241 e. The van der Waals surface area contributed by atoms with Gasteiger partial charge in [0.2, 0.25) is 15.9 Å². The molecular weight excluding hydrogens is 354 g/mol. The molecule has 7 nitrogen and oxygen atoms in total. The number of carbonyl (C=O) groups is 1. The summed E-state index contributed by atoms with van der Waals surface area (Å²) >= 11 is 0. The van der Waals surface area contributed by atoms with Crippen LogP contribution in [0.1, 0.15) is 27.2 Å². The van der Waals surface area contributed by atoms with E-state index in [1.807, 2.05) is 20.8 Å². The molecule has 1 amide bonds. The molecule has 0 heterocycles. The van der Waals surface area contributed by atoms with Crippen molar-refractivity contribution in [2.24, 2.45) is 5.73 Å². The second-order valence-corrected chi connectivity index (χ2v) is 7.39. The van der Waals surface area contributed by atoms with E-state index in [0.717, 1.165) is 0 Å². The molecule has 4 N–H and O–H groups in total. The van der Waals surface area contributed by atoms with Gasteiger partial charge in [-0.3, -0.25) is 9.52 Å². The molecule has 1 unspecified atom stereocenters. The number of rotatable bonds is 9. The number of sulfonamides is 1. The van der Waals surface area contributed by atoms with Gasteiger partial charge in [-0.2, -0.15) is 0 Å². The first-order chi connectivity index (χ1) is 10.7. The average Bonchev–Trinajstić information content (AvgIpc) is 2.39. The van der Waals surface area contributed by atoms with Crippen molar-refractivity contribution < 1.29 is 17.9 Å². The first-order valence-electron chi connectivity index (χ1n) is 7.47. The zero-order chi connectivity index (χ0) is 17.5. The number of anilines is 1. The summed E-state index contributed by atoms with van der Waals surface area (Å²) in [6, 6.07) is 6.46. The number of ether oxygens (including phenoxy) is 1. The minimum absolute atomic E-state index is 0. The van der Waals surface area contributed by atoms with E-state index in [1.54, 1.807) is 24.3 Å². The fourth-order valence-corrected chi connectivity index (χ4v) is 2.77. The molecule has 138 valence electrons. The number of halogens is 1. The van der Waals surface area contributed by atoms with Crippen molar-refractivity contribution in [1.29, 1.82) is 0 Å². The van der Waals surface area contributed by atoms with E-state index in [2.05, 4.69) is 10.0 Å². The lowest BCUT2D eigenvalue weighted by Gasteiger charge is -2.12. The Bertz CT molecular complexity index is 604. The summed E-state index contributed by atoms with van der Waals surface area (Å²) in [4.78, 5) is 11.6. The van der Waals surface area contributed by atoms with Crippen LogP contribution in [0.25, 0.3) is 0 Å². The van der Waals surface area contributed by atoms with E-state index in [0.29, 0.717) is 24.4 Å². The largest absolute Gasteiger partial charge is 0.491 e. The van der Waals surface area contributed by atoms with Crippen LogP contribution >= 0.6 is 12.4 Å². The van der Waals surface area contributed by atoms with Crippen molar-refractivity contribution in [1.82, 2.24) is 5.32 Å². The van der Waals surface area contributed by atoms with Crippen molar-refractivity contribution in [3.05, 3.63) is 24.3 Å². The predicted octanol–water partition coefficient (Wildman–Crippen LogP) is 1.49. The van der Waals surface area contributed by atoms with Crippen molar-refractivity contribution in [2.75, 3.05) is 17.0 Å². The number of nitrogens with two attached hydrogens (primary N) is 1. The zero-order valence-electron chi connectivity index (χ0n) is 14.1. The highest BCUT2D eigenvalue weighted by Crippen LogP contribution is 2.17. The van der Waals surface area contributed by atoms with Crippen LogP contribution in [0.2, 0.25) is 0 Å². The molecule has 0 spiro atoms. The Kier molecular flexibility index (Phi) is 9.72. The summed E-state index contributed by atoms with van der Waals surface area (Å²) in [6.07, 6.45) is 0.633. The number of nitrogens with one attached hydrogen (secondary N) is 2. The molecule has 24 heavy (non-hydrogen) atoms. The standard InChI is InChI=1S/C15H25N3O4S.ClH/c1-11(2)22-14-6-4-13(5-7-14)18-23(20,21)10-15(19)17-9-8-12(3)16;/h4-7,11-12,18H,8-10,16H2,1-3H3,(H,17,19);1H. The van der Waals surface area contributed by atoms with Crippen LogP contribution in [0.15, 0.2) is 24.3 Å². The molecule has 0 saturated carbocycles. The Morgan fingerprint density at radius 1 is 1.21 bits per heavy atom. The van der Waals surface area contributed by atoms with Crippen LogP contribution in [-0.4, -0.2) is 38.8 Å². The van der Waals surface area contributed by atoms with Crippen LogP contribution < -0.4 is 20.5 Å². The van der Waals surface area contributed by atoms with Gasteiger partial charge >= 0.3 is 0 Å². The summed E-state index contributed by atoms with van der Waals surface area (Å²) in [7, 11) is -3.75. The number of carbonyl (C=O) groups excluding carboxylic acids is 1. The first-order valence-corrected chi connectivity index (χ1v) is 9.12. The topological polar surface area (TPSA) is 111 Å². The number of benzene rings is 1. The molecular formula is C15H26ClN3O4S. The highest BCUT2D eigenvalue weighted by atomic mass is 35.5. The second kappa shape index (κ2) is 10.4. The summed E-state index contributed by atoms with van der Waals surface area (Å²) < 4.78 is 31.7. The minimum Gasteiger partial charge on any atom is -0.491 e. The fourth-order valence-electron chi connectivity index (χ4n) is 1.75. The van der Waals surface area contributed by atoms with Crippen LogP contribution in [0.4, 0.5) is 5.69 Å². The second-order valence-electron chi connectivity index (χ2n) is 5.67. The van der Waals surface area contributed by atoms with Gasteiger partial charge < -0.3 is 15.8 Å². The Morgan fingerprint density at radius 3 is 2.29 bits per heavy atom. The third-order valence-corrected chi connectivity index (χ3v) is 3.93. The first kappa shape index (κ1) is 22.5. The van der Waals surface area contributed by atoms with E-state index >= 15 is 0 Å². The Morgan fingerprint density at radius 2 is 1.79 bits per heavy atom. The van der Waals surface area contributed by atoms with Gasteiger partial charge in [0.05, 0.1) is 6.10 Å². The van der Waals surface area contributed by atoms with Gasteiger partial charge in [-0.1, -0.05) is 0 Å². The quantitative estimate of drug-likeness (QED) is 0.602. The van der Waals surface area contributed by atoms with Crippen LogP contribution in [0.5, 0.6) is 5.75 Å². The molecule has 0 radical (unpaired) electrons. The molecule has 1 aromatic rings. The maximum atomic E-state index is 11.9. The van der Waals surface area contributed by atoms with Gasteiger partial charge in [0, 0.05) is 18.3 Å². The lowest BCUT2D eigenvalue weighted by atomic mass is 10.2. The Hall–Kier alpha value is -1.51.